The predicted octanol–water partition coefficient (Wildman–Crippen LogP) is 4.43. The molecule has 5 heteroatoms. The maximum Gasteiger partial charge on any atom is 0.318 e. The highest BCUT2D eigenvalue weighted by molar-refractivity contribution is 7.09. The van der Waals surface area contributed by atoms with E-state index in [-0.39, 0.29) is 6.03 Å². The van der Waals surface area contributed by atoms with Crippen molar-refractivity contribution < 1.29 is 4.79 Å². The molecule has 0 unspecified atom stereocenters. The molecular formula is C21H25N3OS. The molecule has 0 aliphatic carbocycles. The molecule has 0 fully saturated rings. The molecule has 1 N–H and O–H groups in total. The smallest absolute Gasteiger partial charge is 0.318 e. The van der Waals surface area contributed by atoms with Gasteiger partial charge in [-0.15, -0.1) is 11.3 Å². The van der Waals surface area contributed by atoms with Gasteiger partial charge in [0.1, 0.15) is 0 Å². The zero-order valence-corrected chi connectivity index (χ0v) is 15.9. The molecule has 0 bridgehead atoms. The van der Waals surface area contributed by atoms with Crippen molar-refractivity contribution in [1.82, 2.24) is 14.8 Å². The number of rotatable bonds is 8. The number of hydrogen-bond acceptors (Lipinski definition) is 2. The molecule has 3 aromatic rings. The van der Waals surface area contributed by atoms with Crippen LogP contribution in [0.1, 0.15) is 22.6 Å². The number of urea groups is 1. The van der Waals surface area contributed by atoms with E-state index < -0.39 is 0 Å². The average molecular weight is 368 g/mol. The molecule has 0 saturated carbocycles. The van der Waals surface area contributed by atoms with E-state index in [1.54, 1.807) is 11.3 Å². The Bertz CT molecular complexity index is 796. The van der Waals surface area contributed by atoms with Crippen molar-refractivity contribution in [3.63, 3.8) is 0 Å². The highest BCUT2D eigenvalue weighted by atomic mass is 32.1. The number of thiophene rings is 1. The summed E-state index contributed by atoms with van der Waals surface area (Å²) in [4.78, 5) is 15.8. The van der Waals surface area contributed by atoms with Gasteiger partial charge in [0.15, 0.2) is 0 Å². The van der Waals surface area contributed by atoms with Crippen LogP contribution in [-0.2, 0) is 26.6 Å². The largest absolute Gasteiger partial charge is 0.353 e. The Balaban J connectivity index is 1.54. The van der Waals surface area contributed by atoms with Gasteiger partial charge in [-0.2, -0.15) is 0 Å². The number of amides is 2. The average Bonchev–Trinajstić information content (AvgIpc) is 3.31. The quantitative estimate of drug-likeness (QED) is 0.588. The van der Waals surface area contributed by atoms with Gasteiger partial charge in [0.2, 0.25) is 0 Å². The molecule has 2 amide bonds. The van der Waals surface area contributed by atoms with Crippen LogP contribution in [0.15, 0.2) is 66.2 Å². The standard InChI is InChI=1S/C21H25N3OS/c1-23-14-6-11-19(23)16-24(17-20-12-7-15-26-20)21(25)22-13-5-10-18-8-3-2-4-9-18/h2-4,6-9,11-12,14-15H,5,10,13,16-17H2,1H3,(H,22,25). The topological polar surface area (TPSA) is 37.3 Å². The van der Waals surface area contributed by atoms with Gasteiger partial charge in [0.25, 0.3) is 0 Å². The zero-order chi connectivity index (χ0) is 18.2. The van der Waals surface area contributed by atoms with Gasteiger partial charge < -0.3 is 14.8 Å². The second kappa shape index (κ2) is 9.25. The van der Waals surface area contributed by atoms with Gasteiger partial charge in [-0.05, 0) is 42.0 Å². The normalized spacial score (nSPS) is 10.7. The summed E-state index contributed by atoms with van der Waals surface area (Å²) in [6.07, 6.45) is 3.92. The maximum absolute atomic E-state index is 12.7. The summed E-state index contributed by atoms with van der Waals surface area (Å²) in [6.45, 7) is 1.92. The van der Waals surface area contributed by atoms with E-state index in [1.165, 1.54) is 10.4 Å². The Morgan fingerprint density at radius 1 is 1.08 bits per heavy atom. The Kier molecular flexibility index (Phi) is 6.50. The van der Waals surface area contributed by atoms with Gasteiger partial charge in [-0.25, -0.2) is 4.79 Å². The molecule has 0 aliphatic rings. The lowest BCUT2D eigenvalue weighted by Gasteiger charge is -2.23. The number of aryl methyl sites for hydroxylation is 2. The molecule has 0 spiro atoms. The van der Waals surface area contributed by atoms with E-state index in [1.807, 2.05) is 41.7 Å². The number of benzene rings is 1. The highest BCUT2D eigenvalue weighted by Gasteiger charge is 2.16. The van der Waals surface area contributed by atoms with Crippen molar-refractivity contribution in [3.05, 3.63) is 82.3 Å². The van der Waals surface area contributed by atoms with E-state index in [4.69, 9.17) is 0 Å². The van der Waals surface area contributed by atoms with Gasteiger partial charge >= 0.3 is 6.03 Å². The molecule has 2 heterocycles. The first-order valence-corrected chi connectivity index (χ1v) is 9.79. The van der Waals surface area contributed by atoms with Crippen LogP contribution in [0, 0.1) is 0 Å². The summed E-state index contributed by atoms with van der Waals surface area (Å²) in [7, 11) is 2.01. The number of hydrogen-bond donors (Lipinski definition) is 1. The fourth-order valence-corrected chi connectivity index (χ4v) is 3.61. The number of carbonyl (C=O) groups is 1. The summed E-state index contributed by atoms with van der Waals surface area (Å²) in [5.74, 6) is 0. The molecule has 0 radical (unpaired) electrons. The molecule has 4 nitrogen and oxygen atoms in total. The van der Waals surface area contributed by atoms with Crippen LogP contribution in [0.4, 0.5) is 4.79 Å². The minimum absolute atomic E-state index is 0.00679. The van der Waals surface area contributed by atoms with Crippen LogP contribution < -0.4 is 5.32 Å². The summed E-state index contributed by atoms with van der Waals surface area (Å²) in [5.41, 5.74) is 2.43. The molecule has 3 rings (SSSR count). The van der Waals surface area contributed by atoms with E-state index in [0.29, 0.717) is 19.6 Å². The van der Waals surface area contributed by atoms with Crippen LogP contribution in [0.2, 0.25) is 0 Å². The van der Waals surface area contributed by atoms with Crippen molar-refractivity contribution in [2.75, 3.05) is 6.54 Å². The van der Waals surface area contributed by atoms with E-state index in [9.17, 15) is 4.79 Å². The van der Waals surface area contributed by atoms with Gasteiger partial charge in [-0.1, -0.05) is 36.4 Å². The lowest BCUT2D eigenvalue weighted by atomic mass is 10.1. The number of aromatic nitrogens is 1. The number of nitrogens with one attached hydrogen (secondary N) is 1. The molecule has 26 heavy (non-hydrogen) atoms. The minimum atomic E-state index is -0.00679. The summed E-state index contributed by atoms with van der Waals surface area (Å²) in [6, 6.07) is 18.5. The number of carbonyl (C=O) groups excluding carboxylic acids is 1. The van der Waals surface area contributed by atoms with Crippen LogP contribution in [0.5, 0.6) is 0 Å². The van der Waals surface area contributed by atoms with Crippen LogP contribution >= 0.6 is 11.3 Å². The van der Waals surface area contributed by atoms with Crippen LogP contribution in [0.3, 0.4) is 0 Å². The first-order valence-electron chi connectivity index (χ1n) is 8.91. The lowest BCUT2D eigenvalue weighted by Crippen LogP contribution is -2.39. The Morgan fingerprint density at radius 2 is 1.92 bits per heavy atom. The third kappa shape index (κ3) is 5.23. The summed E-state index contributed by atoms with van der Waals surface area (Å²) >= 11 is 1.68. The molecule has 2 aromatic heterocycles. The Morgan fingerprint density at radius 3 is 2.62 bits per heavy atom. The molecule has 0 aliphatic heterocycles. The second-order valence-corrected chi connectivity index (χ2v) is 7.40. The van der Waals surface area contributed by atoms with Crippen molar-refractivity contribution >= 4 is 17.4 Å². The SMILES string of the molecule is Cn1cccc1CN(Cc1cccs1)C(=O)NCCCc1ccccc1. The van der Waals surface area contributed by atoms with Crippen LogP contribution in [0.25, 0.3) is 0 Å². The Hall–Kier alpha value is -2.53. The van der Waals surface area contributed by atoms with Gasteiger partial charge in [-0.3, -0.25) is 0 Å². The first-order chi connectivity index (χ1) is 12.7. The maximum atomic E-state index is 12.7. The van der Waals surface area contributed by atoms with Crippen molar-refractivity contribution in [3.8, 4) is 0 Å². The molecule has 0 saturated heterocycles. The minimum Gasteiger partial charge on any atom is -0.353 e. The van der Waals surface area contributed by atoms with Crippen molar-refractivity contribution in [2.24, 2.45) is 7.05 Å². The van der Waals surface area contributed by atoms with E-state index in [0.717, 1.165) is 18.5 Å². The van der Waals surface area contributed by atoms with E-state index >= 15 is 0 Å². The molecule has 136 valence electrons. The first kappa shape index (κ1) is 18.3. The third-order valence-electron chi connectivity index (χ3n) is 4.38. The molecule has 1 aromatic carbocycles. The monoisotopic (exact) mass is 367 g/mol. The Labute approximate surface area is 159 Å². The van der Waals surface area contributed by atoms with Gasteiger partial charge in [0, 0.05) is 30.4 Å². The molecular weight excluding hydrogens is 342 g/mol. The predicted molar refractivity (Wildman–Crippen MR) is 107 cm³/mol. The zero-order valence-electron chi connectivity index (χ0n) is 15.1. The molecule has 0 atom stereocenters. The summed E-state index contributed by atoms with van der Waals surface area (Å²) < 4.78 is 2.06. The second-order valence-electron chi connectivity index (χ2n) is 6.37. The fraction of sp³-hybridized carbons (Fsp3) is 0.286. The summed E-state index contributed by atoms with van der Waals surface area (Å²) in [5, 5.41) is 5.13. The highest BCUT2D eigenvalue weighted by Crippen LogP contribution is 2.15. The van der Waals surface area contributed by atoms with Gasteiger partial charge in [0.05, 0.1) is 13.1 Å². The third-order valence-corrected chi connectivity index (χ3v) is 5.24. The number of nitrogens with zero attached hydrogens (tertiary/aromatic N) is 2. The van der Waals surface area contributed by atoms with Crippen LogP contribution in [-0.4, -0.2) is 22.0 Å². The van der Waals surface area contributed by atoms with Crippen molar-refractivity contribution in [1.29, 1.82) is 0 Å². The van der Waals surface area contributed by atoms with E-state index in [2.05, 4.69) is 46.3 Å². The lowest BCUT2D eigenvalue weighted by molar-refractivity contribution is 0.191. The fourth-order valence-electron chi connectivity index (χ4n) is 2.89. The van der Waals surface area contributed by atoms with Crippen molar-refractivity contribution in [2.45, 2.75) is 25.9 Å².